The number of rotatable bonds is 2. The van der Waals surface area contributed by atoms with Gasteiger partial charge in [0.15, 0.2) is 5.76 Å². The highest BCUT2D eigenvalue weighted by Gasteiger charge is 2.32. The summed E-state index contributed by atoms with van der Waals surface area (Å²) in [6.07, 6.45) is 0.960. The molecule has 0 spiro atoms. The van der Waals surface area contributed by atoms with Crippen LogP contribution in [0.1, 0.15) is 23.9 Å². The molecule has 0 saturated carbocycles. The van der Waals surface area contributed by atoms with Crippen molar-refractivity contribution in [1.82, 2.24) is 10.1 Å². The summed E-state index contributed by atoms with van der Waals surface area (Å²) < 4.78 is 5.24. The van der Waals surface area contributed by atoms with Gasteiger partial charge in [-0.2, -0.15) is 0 Å². The van der Waals surface area contributed by atoms with Crippen LogP contribution in [0.3, 0.4) is 0 Å². The van der Waals surface area contributed by atoms with E-state index in [4.69, 9.17) is 9.63 Å². The standard InChI is InChI=1S/C10H16N2O2/c1-7-3-10(14-11-7)9-4-8(6-13)5-12(9)2/h3,8-9,13H,4-6H2,1-2H3/t8-,9-/m1/s1. The maximum Gasteiger partial charge on any atom is 0.154 e. The fourth-order valence-electron chi connectivity index (χ4n) is 2.11. The lowest BCUT2D eigenvalue weighted by molar-refractivity contribution is 0.226. The number of aliphatic hydroxyl groups excluding tert-OH is 1. The Balaban J connectivity index is 2.12. The van der Waals surface area contributed by atoms with Crippen molar-refractivity contribution in [3.8, 4) is 0 Å². The van der Waals surface area contributed by atoms with Crippen LogP contribution in [-0.2, 0) is 0 Å². The first-order chi connectivity index (χ1) is 6.70. The van der Waals surface area contributed by atoms with E-state index in [-0.39, 0.29) is 12.6 Å². The van der Waals surface area contributed by atoms with Gasteiger partial charge >= 0.3 is 0 Å². The van der Waals surface area contributed by atoms with Crippen molar-refractivity contribution in [3.05, 3.63) is 17.5 Å². The predicted molar refractivity (Wildman–Crippen MR) is 51.8 cm³/mol. The van der Waals surface area contributed by atoms with E-state index in [1.54, 1.807) is 0 Å². The fraction of sp³-hybridized carbons (Fsp3) is 0.700. The molecule has 2 heterocycles. The third-order valence-corrected chi connectivity index (χ3v) is 2.87. The molecule has 4 nitrogen and oxygen atoms in total. The highest BCUT2D eigenvalue weighted by molar-refractivity contribution is 5.09. The zero-order valence-corrected chi connectivity index (χ0v) is 8.60. The highest BCUT2D eigenvalue weighted by atomic mass is 16.5. The Kier molecular flexibility index (Phi) is 2.56. The molecule has 1 aromatic rings. The van der Waals surface area contributed by atoms with Gasteiger partial charge in [-0.3, -0.25) is 4.90 Å². The van der Waals surface area contributed by atoms with E-state index in [0.717, 1.165) is 24.4 Å². The van der Waals surface area contributed by atoms with E-state index in [9.17, 15) is 0 Å². The largest absolute Gasteiger partial charge is 0.396 e. The third-order valence-electron chi connectivity index (χ3n) is 2.87. The maximum absolute atomic E-state index is 9.08. The van der Waals surface area contributed by atoms with Crippen LogP contribution in [0.15, 0.2) is 10.6 Å². The Labute approximate surface area is 83.5 Å². The maximum atomic E-state index is 9.08. The van der Waals surface area contributed by atoms with Gasteiger partial charge in [-0.25, -0.2) is 0 Å². The first-order valence-electron chi connectivity index (χ1n) is 4.95. The number of hydrogen-bond donors (Lipinski definition) is 1. The minimum absolute atomic E-state index is 0.258. The second kappa shape index (κ2) is 3.71. The molecule has 78 valence electrons. The van der Waals surface area contributed by atoms with E-state index >= 15 is 0 Å². The van der Waals surface area contributed by atoms with Gasteiger partial charge in [-0.15, -0.1) is 0 Å². The van der Waals surface area contributed by atoms with E-state index in [0.29, 0.717) is 5.92 Å². The molecule has 0 aromatic carbocycles. The third kappa shape index (κ3) is 1.67. The van der Waals surface area contributed by atoms with Crippen molar-refractivity contribution < 1.29 is 9.63 Å². The van der Waals surface area contributed by atoms with Crippen LogP contribution in [0.25, 0.3) is 0 Å². The normalized spacial score (nSPS) is 28.5. The van der Waals surface area contributed by atoms with Crippen LogP contribution in [-0.4, -0.2) is 35.4 Å². The van der Waals surface area contributed by atoms with Crippen molar-refractivity contribution in [3.63, 3.8) is 0 Å². The van der Waals surface area contributed by atoms with Gasteiger partial charge in [0.2, 0.25) is 0 Å². The van der Waals surface area contributed by atoms with Crippen molar-refractivity contribution >= 4 is 0 Å². The molecular formula is C10H16N2O2. The van der Waals surface area contributed by atoms with Gasteiger partial charge in [0, 0.05) is 19.2 Å². The summed E-state index contributed by atoms with van der Waals surface area (Å²) in [6, 6.07) is 2.26. The minimum Gasteiger partial charge on any atom is -0.396 e. The van der Waals surface area contributed by atoms with Crippen LogP contribution in [0, 0.1) is 12.8 Å². The van der Waals surface area contributed by atoms with Gasteiger partial charge in [0.1, 0.15) is 0 Å². The molecule has 1 saturated heterocycles. The molecule has 1 aliphatic heterocycles. The molecule has 1 fully saturated rings. The molecule has 1 aliphatic rings. The second-order valence-electron chi connectivity index (χ2n) is 4.11. The topological polar surface area (TPSA) is 49.5 Å². The number of hydrogen-bond acceptors (Lipinski definition) is 4. The van der Waals surface area contributed by atoms with Crippen LogP contribution in [0.4, 0.5) is 0 Å². The van der Waals surface area contributed by atoms with Crippen LogP contribution < -0.4 is 0 Å². The molecule has 0 aliphatic carbocycles. The van der Waals surface area contributed by atoms with E-state index in [1.165, 1.54) is 0 Å². The summed E-state index contributed by atoms with van der Waals surface area (Å²) >= 11 is 0. The molecule has 0 amide bonds. The van der Waals surface area contributed by atoms with Gasteiger partial charge in [0.05, 0.1) is 11.7 Å². The fourth-order valence-corrected chi connectivity index (χ4v) is 2.11. The van der Waals surface area contributed by atoms with Crippen LogP contribution in [0.5, 0.6) is 0 Å². The van der Waals surface area contributed by atoms with Crippen LogP contribution >= 0.6 is 0 Å². The molecule has 0 unspecified atom stereocenters. The van der Waals surface area contributed by atoms with E-state index in [1.807, 2.05) is 13.0 Å². The second-order valence-corrected chi connectivity index (χ2v) is 4.11. The molecule has 1 aromatic heterocycles. The lowest BCUT2D eigenvalue weighted by Crippen LogP contribution is -2.18. The van der Waals surface area contributed by atoms with Crippen molar-refractivity contribution in [2.24, 2.45) is 5.92 Å². The summed E-state index contributed by atoms with van der Waals surface area (Å²) in [7, 11) is 2.05. The molecule has 2 rings (SSSR count). The van der Waals surface area contributed by atoms with Gasteiger partial charge < -0.3 is 9.63 Å². The molecule has 4 heteroatoms. The number of aromatic nitrogens is 1. The first-order valence-corrected chi connectivity index (χ1v) is 4.95. The molecule has 0 radical (unpaired) electrons. The van der Waals surface area contributed by atoms with Crippen molar-refractivity contribution in [2.45, 2.75) is 19.4 Å². The smallest absolute Gasteiger partial charge is 0.154 e. The van der Waals surface area contributed by atoms with Gasteiger partial charge in [0.25, 0.3) is 0 Å². The zero-order chi connectivity index (χ0) is 10.1. The average molecular weight is 196 g/mol. The van der Waals surface area contributed by atoms with Crippen molar-refractivity contribution in [2.75, 3.05) is 20.2 Å². The summed E-state index contributed by atoms with van der Waals surface area (Å²) in [5.74, 6) is 1.29. The predicted octanol–water partition coefficient (Wildman–Crippen LogP) is 0.968. The van der Waals surface area contributed by atoms with E-state index < -0.39 is 0 Å². The number of likely N-dealkylation sites (tertiary alicyclic amines) is 1. The summed E-state index contributed by atoms with van der Waals surface area (Å²) in [4.78, 5) is 2.21. The molecular weight excluding hydrogens is 180 g/mol. The Hall–Kier alpha value is -0.870. The number of aliphatic hydroxyl groups is 1. The van der Waals surface area contributed by atoms with Gasteiger partial charge in [-0.1, -0.05) is 5.16 Å². The Morgan fingerprint density at radius 2 is 2.50 bits per heavy atom. The summed E-state index contributed by atoms with van der Waals surface area (Å²) in [5, 5.41) is 13.0. The number of nitrogens with zero attached hydrogens (tertiary/aromatic N) is 2. The van der Waals surface area contributed by atoms with Gasteiger partial charge in [-0.05, 0) is 26.3 Å². The zero-order valence-electron chi connectivity index (χ0n) is 8.60. The van der Waals surface area contributed by atoms with Crippen LogP contribution in [0.2, 0.25) is 0 Å². The molecule has 14 heavy (non-hydrogen) atoms. The Bertz CT molecular complexity index is 311. The lowest BCUT2D eigenvalue weighted by Gasteiger charge is -2.15. The van der Waals surface area contributed by atoms with E-state index in [2.05, 4.69) is 17.1 Å². The Morgan fingerprint density at radius 3 is 3.00 bits per heavy atom. The number of aryl methyl sites for hydroxylation is 1. The molecule has 1 N–H and O–H groups in total. The van der Waals surface area contributed by atoms with Crippen molar-refractivity contribution in [1.29, 1.82) is 0 Å². The lowest BCUT2D eigenvalue weighted by atomic mass is 10.1. The first kappa shape index (κ1) is 9.68. The monoisotopic (exact) mass is 196 g/mol. The quantitative estimate of drug-likeness (QED) is 0.765. The average Bonchev–Trinajstić information content (AvgIpc) is 2.71. The Morgan fingerprint density at radius 1 is 1.71 bits per heavy atom. The molecule has 2 atom stereocenters. The summed E-state index contributed by atoms with van der Waals surface area (Å²) in [5.41, 5.74) is 0.917. The summed E-state index contributed by atoms with van der Waals surface area (Å²) in [6.45, 7) is 3.11. The highest BCUT2D eigenvalue weighted by Crippen LogP contribution is 2.33. The SMILES string of the molecule is Cc1cc([C@H]2C[C@@H](CO)CN2C)on1. The minimum atomic E-state index is 0.258. The molecule has 0 bridgehead atoms.